The van der Waals surface area contributed by atoms with Crippen molar-refractivity contribution in [1.29, 1.82) is 0 Å². The highest BCUT2D eigenvalue weighted by atomic mass is 16.5. The summed E-state index contributed by atoms with van der Waals surface area (Å²) in [6, 6.07) is 8.51. The summed E-state index contributed by atoms with van der Waals surface area (Å²) < 4.78 is 6.96. The molecule has 1 aliphatic heterocycles. The van der Waals surface area contributed by atoms with Gasteiger partial charge in [0.15, 0.2) is 0 Å². The topological polar surface area (TPSA) is 141 Å². The van der Waals surface area contributed by atoms with Crippen molar-refractivity contribution in [3.8, 4) is 11.3 Å². The molecular weight excluding hydrogens is 484 g/mol. The van der Waals surface area contributed by atoms with E-state index in [1.165, 1.54) is 0 Å². The number of carbonyl (C=O) groups is 2. The number of hydrogen-bond acceptors (Lipinski definition) is 8. The zero-order valence-electron chi connectivity index (χ0n) is 20.9. The van der Waals surface area contributed by atoms with Crippen LogP contribution in [0.15, 0.2) is 67.3 Å². The van der Waals surface area contributed by atoms with E-state index in [4.69, 9.17) is 15.5 Å². The van der Waals surface area contributed by atoms with Crippen LogP contribution in [0.3, 0.4) is 0 Å². The Morgan fingerprint density at radius 3 is 2.68 bits per heavy atom. The predicted molar refractivity (Wildman–Crippen MR) is 142 cm³/mol. The molecule has 0 bridgehead atoms. The minimum Gasteiger partial charge on any atom is -0.382 e. The number of benzene rings is 1. The van der Waals surface area contributed by atoms with Crippen LogP contribution in [0.25, 0.3) is 16.8 Å². The summed E-state index contributed by atoms with van der Waals surface area (Å²) in [5.41, 5.74) is 8.83. The molecule has 0 spiro atoms. The molecule has 2 amide bonds. The first-order valence-electron chi connectivity index (χ1n) is 12.3. The Hall–Kier alpha value is -4.64. The fraction of sp³-hybridized carbons (Fsp3) is 0.259. The number of anilines is 2. The van der Waals surface area contributed by atoms with Gasteiger partial charge in [-0.05, 0) is 37.5 Å². The number of carbonyl (C=O) groups excluding carboxylic acids is 2. The number of hydrogen-bond donors (Lipinski definition) is 2. The van der Waals surface area contributed by atoms with Crippen LogP contribution in [0, 0.1) is 0 Å². The second kappa shape index (κ2) is 11.2. The van der Waals surface area contributed by atoms with E-state index < -0.39 is 0 Å². The van der Waals surface area contributed by atoms with Crippen molar-refractivity contribution < 1.29 is 14.3 Å². The molecule has 1 saturated heterocycles. The van der Waals surface area contributed by atoms with Gasteiger partial charge in [0.05, 0.1) is 12.6 Å². The number of aromatic nitrogens is 5. The molecule has 0 saturated carbocycles. The first-order chi connectivity index (χ1) is 18.6. The van der Waals surface area contributed by atoms with E-state index in [-0.39, 0.29) is 23.8 Å². The number of piperidine rings is 1. The Morgan fingerprint density at radius 1 is 1.13 bits per heavy atom. The van der Waals surface area contributed by atoms with E-state index in [9.17, 15) is 9.59 Å². The molecule has 1 unspecified atom stereocenters. The van der Waals surface area contributed by atoms with E-state index in [0.717, 1.165) is 30.7 Å². The van der Waals surface area contributed by atoms with Crippen molar-refractivity contribution in [2.45, 2.75) is 25.3 Å². The molecule has 194 valence electrons. The van der Waals surface area contributed by atoms with E-state index in [2.05, 4.69) is 20.3 Å². The largest absolute Gasteiger partial charge is 0.382 e. The van der Waals surface area contributed by atoms with Gasteiger partial charge in [-0.2, -0.15) is 0 Å². The molecule has 1 atom stereocenters. The highest BCUT2D eigenvalue weighted by molar-refractivity contribution is 6.03. The van der Waals surface area contributed by atoms with Gasteiger partial charge in [-0.15, -0.1) is 0 Å². The van der Waals surface area contributed by atoms with Gasteiger partial charge in [0, 0.05) is 55.6 Å². The standard InChI is InChI=1S/C27H28N8O3/c1-38-17-4-7-21(36)34-15-3-2-6-20(34)25-32-22(23-24(28)29-14-16-35(23)25)18-8-10-19(11-9-18)26(37)33-27-30-12-5-13-31-27/h4-5,7-14,16,20H,2-3,6,15,17H2,1H3,(H2,28,29)(H,30,31,33,37)/b7-4+. The van der Waals surface area contributed by atoms with E-state index in [0.29, 0.717) is 35.7 Å². The van der Waals surface area contributed by atoms with Crippen LogP contribution in [0.1, 0.15) is 41.5 Å². The van der Waals surface area contributed by atoms with Crippen molar-refractivity contribution in [2.24, 2.45) is 0 Å². The number of nitrogen functional groups attached to an aromatic ring is 1. The molecule has 0 aliphatic carbocycles. The molecule has 0 radical (unpaired) electrons. The molecular formula is C27H28N8O3. The van der Waals surface area contributed by atoms with Crippen molar-refractivity contribution in [2.75, 3.05) is 31.3 Å². The Balaban J connectivity index is 1.48. The minimum atomic E-state index is -0.322. The number of nitrogens with zero attached hydrogens (tertiary/aromatic N) is 6. The van der Waals surface area contributed by atoms with Crippen LogP contribution < -0.4 is 11.1 Å². The summed E-state index contributed by atoms with van der Waals surface area (Å²) in [6.45, 7) is 1.01. The molecule has 11 nitrogen and oxygen atoms in total. The van der Waals surface area contributed by atoms with Gasteiger partial charge in [0.25, 0.3) is 5.91 Å². The SMILES string of the molecule is COC/C=C/C(=O)N1CCCCC1c1nc(-c2ccc(C(=O)Nc3ncccn3)cc2)c2c(N)nccn12. The zero-order chi connectivity index (χ0) is 26.5. The fourth-order valence-corrected chi connectivity index (χ4v) is 4.64. The number of nitrogens with one attached hydrogen (secondary N) is 1. The van der Waals surface area contributed by atoms with Crippen LogP contribution in [0.5, 0.6) is 0 Å². The summed E-state index contributed by atoms with van der Waals surface area (Å²) >= 11 is 0. The predicted octanol–water partition coefficient (Wildman–Crippen LogP) is 3.28. The van der Waals surface area contributed by atoms with Crippen molar-refractivity contribution >= 4 is 29.1 Å². The van der Waals surface area contributed by atoms with Gasteiger partial charge in [0.1, 0.15) is 22.9 Å². The van der Waals surface area contributed by atoms with Gasteiger partial charge in [-0.3, -0.25) is 19.3 Å². The van der Waals surface area contributed by atoms with Crippen LogP contribution in [-0.4, -0.2) is 61.3 Å². The molecule has 1 aromatic carbocycles. The Morgan fingerprint density at radius 2 is 1.92 bits per heavy atom. The summed E-state index contributed by atoms with van der Waals surface area (Å²) in [5, 5.41) is 2.68. The lowest BCUT2D eigenvalue weighted by Gasteiger charge is -2.34. The number of nitrogens with two attached hydrogens (primary N) is 1. The van der Waals surface area contributed by atoms with Gasteiger partial charge < -0.3 is 15.4 Å². The lowest BCUT2D eigenvalue weighted by molar-refractivity contribution is -0.130. The normalized spacial score (nSPS) is 15.7. The summed E-state index contributed by atoms with van der Waals surface area (Å²) in [7, 11) is 1.59. The average Bonchev–Trinajstić information content (AvgIpc) is 3.34. The third-order valence-electron chi connectivity index (χ3n) is 6.43. The number of likely N-dealkylation sites (tertiary alicyclic amines) is 1. The highest BCUT2D eigenvalue weighted by Crippen LogP contribution is 2.36. The van der Waals surface area contributed by atoms with Crippen molar-refractivity contribution in [3.05, 3.63) is 78.7 Å². The number of imidazole rings is 1. The summed E-state index contributed by atoms with van der Waals surface area (Å²) in [6.07, 6.45) is 12.5. The Kier molecular flexibility index (Phi) is 7.36. The maximum absolute atomic E-state index is 13.0. The minimum absolute atomic E-state index is 0.0789. The third-order valence-corrected chi connectivity index (χ3v) is 6.43. The molecule has 3 N–H and O–H groups in total. The third kappa shape index (κ3) is 5.09. The van der Waals surface area contributed by atoms with Crippen molar-refractivity contribution in [3.63, 3.8) is 0 Å². The maximum atomic E-state index is 13.0. The highest BCUT2D eigenvalue weighted by Gasteiger charge is 2.31. The van der Waals surface area contributed by atoms with Gasteiger partial charge in [0.2, 0.25) is 11.9 Å². The fourth-order valence-electron chi connectivity index (χ4n) is 4.64. The molecule has 1 aliphatic rings. The quantitative estimate of drug-likeness (QED) is 0.360. The molecule has 38 heavy (non-hydrogen) atoms. The molecule has 4 heterocycles. The number of amides is 2. The monoisotopic (exact) mass is 512 g/mol. The number of ether oxygens (including phenoxy) is 1. The number of fused-ring (bicyclic) bond motifs is 1. The Bertz CT molecular complexity index is 1470. The lowest BCUT2D eigenvalue weighted by atomic mass is 10.0. The first kappa shape index (κ1) is 25.0. The first-order valence-corrected chi connectivity index (χ1v) is 12.3. The molecule has 1 fully saturated rings. The van der Waals surface area contributed by atoms with Crippen LogP contribution in [0.4, 0.5) is 11.8 Å². The number of methoxy groups -OCH3 is 1. The molecule has 3 aromatic heterocycles. The van der Waals surface area contributed by atoms with Crippen molar-refractivity contribution in [1.82, 2.24) is 29.2 Å². The molecule has 5 rings (SSSR count). The zero-order valence-corrected chi connectivity index (χ0v) is 20.9. The van der Waals surface area contributed by atoms with Crippen LogP contribution in [0.2, 0.25) is 0 Å². The van der Waals surface area contributed by atoms with Crippen LogP contribution >= 0.6 is 0 Å². The van der Waals surface area contributed by atoms with E-state index in [1.807, 2.05) is 27.6 Å². The summed E-state index contributed by atoms with van der Waals surface area (Å²) in [4.78, 5) is 44.9. The second-order valence-corrected chi connectivity index (χ2v) is 8.85. The Labute approximate surface area is 219 Å². The van der Waals surface area contributed by atoms with E-state index in [1.54, 1.807) is 56.1 Å². The van der Waals surface area contributed by atoms with Gasteiger partial charge in [-0.1, -0.05) is 18.2 Å². The molecule has 11 heteroatoms. The van der Waals surface area contributed by atoms with Crippen LogP contribution in [-0.2, 0) is 9.53 Å². The lowest BCUT2D eigenvalue weighted by Crippen LogP contribution is -2.38. The maximum Gasteiger partial charge on any atom is 0.258 e. The summed E-state index contributed by atoms with van der Waals surface area (Å²) in [5.74, 6) is 0.883. The van der Waals surface area contributed by atoms with E-state index >= 15 is 0 Å². The second-order valence-electron chi connectivity index (χ2n) is 8.85. The average molecular weight is 513 g/mol. The van der Waals surface area contributed by atoms with Gasteiger partial charge in [-0.25, -0.2) is 19.9 Å². The van der Waals surface area contributed by atoms with Gasteiger partial charge >= 0.3 is 0 Å². The smallest absolute Gasteiger partial charge is 0.258 e. The molecule has 4 aromatic rings. The number of rotatable bonds is 7.